The first-order valence-electron chi connectivity index (χ1n) is 5.11. The highest BCUT2D eigenvalue weighted by Gasteiger charge is 2.27. The van der Waals surface area contributed by atoms with Crippen molar-refractivity contribution >= 4 is 5.91 Å². The van der Waals surface area contributed by atoms with E-state index in [1.54, 1.807) is 0 Å². The first-order valence-corrected chi connectivity index (χ1v) is 5.11. The average molecular weight is 205 g/mol. The van der Waals surface area contributed by atoms with Crippen molar-refractivity contribution in [2.45, 2.75) is 25.3 Å². The van der Waals surface area contributed by atoms with Gasteiger partial charge in [0.15, 0.2) is 0 Å². The fraction of sp³-hybridized carbons (Fsp3) is 0.636. The molecule has 2 atom stereocenters. The second-order valence-electron chi connectivity index (χ2n) is 3.65. The Balaban J connectivity index is 2.26. The molecule has 4 nitrogen and oxygen atoms in total. The zero-order valence-corrected chi connectivity index (χ0v) is 8.62. The highest BCUT2D eigenvalue weighted by molar-refractivity contribution is 5.78. The van der Waals surface area contributed by atoms with Gasteiger partial charge in [0.2, 0.25) is 5.91 Å². The van der Waals surface area contributed by atoms with Crippen LogP contribution in [0.15, 0.2) is 0 Å². The van der Waals surface area contributed by atoms with Gasteiger partial charge >= 0.3 is 0 Å². The molecule has 0 aromatic rings. The van der Waals surface area contributed by atoms with Crippen LogP contribution >= 0.6 is 0 Å². The van der Waals surface area contributed by atoms with Gasteiger partial charge in [0.25, 0.3) is 0 Å². The van der Waals surface area contributed by atoms with Gasteiger partial charge in [-0.15, -0.1) is 6.42 Å². The smallest absolute Gasteiger partial charge is 0.234 e. The van der Waals surface area contributed by atoms with E-state index in [1.165, 1.54) is 0 Å². The lowest BCUT2D eigenvalue weighted by Gasteiger charge is -2.15. The molecule has 80 valence electrons. The van der Waals surface area contributed by atoms with Crippen LogP contribution in [0.25, 0.3) is 0 Å². The summed E-state index contributed by atoms with van der Waals surface area (Å²) >= 11 is 0. The molecule has 0 saturated heterocycles. The molecular formula is C11H15N3O. The monoisotopic (exact) mass is 205 g/mol. The first-order chi connectivity index (χ1) is 7.27. The number of nitriles is 1. The van der Waals surface area contributed by atoms with Crippen LogP contribution in [0, 0.1) is 29.6 Å². The van der Waals surface area contributed by atoms with Crippen molar-refractivity contribution in [1.82, 2.24) is 10.6 Å². The number of hydrogen-bond donors (Lipinski definition) is 2. The maximum atomic E-state index is 11.4. The Morgan fingerprint density at radius 3 is 3.00 bits per heavy atom. The zero-order chi connectivity index (χ0) is 11.1. The third-order valence-corrected chi connectivity index (χ3v) is 2.54. The third-order valence-electron chi connectivity index (χ3n) is 2.54. The number of carbonyl (C=O) groups excluding carboxylic acids is 1. The van der Waals surface area contributed by atoms with E-state index in [9.17, 15) is 4.79 Å². The summed E-state index contributed by atoms with van der Waals surface area (Å²) in [6, 6.07) is 2.24. The Morgan fingerprint density at radius 1 is 1.53 bits per heavy atom. The lowest BCUT2D eigenvalue weighted by atomic mass is 10.1. The Morgan fingerprint density at radius 2 is 2.33 bits per heavy atom. The van der Waals surface area contributed by atoms with E-state index in [-0.39, 0.29) is 24.4 Å². The fourth-order valence-electron chi connectivity index (χ4n) is 1.79. The molecular weight excluding hydrogens is 190 g/mol. The minimum Gasteiger partial charge on any atom is -0.351 e. The predicted octanol–water partition coefficient (Wildman–Crippen LogP) is 0.0177. The number of rotatable bonds is 4. The molecule has 1 saturated carbocycles. The van der Waals surface area contributed by atoms with Crippen LogP contribution in [0.4, 0.5) is 0 Å². The molecule has 2 N–H and O–H groups in total. The van der Waals surface area contributed by atoms with Crippen molar-refractivity contribution in [2.75, 3.05) is 13.1 Å². The van der Waals surface area contributed by atoms with Gasteiger partial charge in [-0.3, -0.25) is 10.1 Å². The van der Waals surface area contributed by atoms with Gasteiger partial charge in [-0.2, -0.15) is 5.26 Å². The lowest BCUT2D eigenvalue weighted by molar-refractivity contribution is -0.121. The van der Waals surface area contributed by atoms with Gasteiger partial charge in [-0.25, -0.2) is 0 Å². The number of terminal acetylenes is 1. The number of nitrogens with one attached hydrogen (secondary N) is 2. The second kappa shape index (κ2) is 6.06. The van der Waals surface area contributed by atoms with Crippen LogP contribution in [-0.4, -0.2) is 25.0 Å². The standard InChI is InChI=1S/C11H15N3O/c1-2-6-13-8-11(15)14-10-5-3-4-9(10)7-12/h1,9-10,13H,3-6,8H2,(H,14,15). The van der Waals surface area contributed by atoms with E-state index in [1.807, 2.05) is 0 Å². The highest BCUT2D eigenvalue weighted by atomic mass is 16.1. The Labute approximate surface area is 90.0 Å². The van der Waals surface area contributed by atoms with Crippen LogP contribution in [0.1, 0.15) is 19.3 Å². The van der Waals surface area contributed by atoms with Gasteiger partial charge in [0.05, 0.1) is 25.1 Å². The average Bonchev–Trinajstić information content (AvgIpc) is 2.65. The molecule has 0 radical (unpaired) electrons. The van der Waals surface area contributed by atoms with Crippen LogP contribution < -0.4 is 10.6 Å². The molecule has 0 aliphatic heterocycles. The molecule has 0 spiro atoms. The Hall–Kier alpha value is -1.52. The first kappa shape index (κ1) is 11.6. The maximum absolute atomic E-state index is 11.4. The number of nitrogens with zero attached hydrogens (tertiary/aromatic N) is 1. The SMILES string of the molecule is C#CCNCC(=O)NC1CCCC1C#N. The van der Waals surface area contributed by atoms with Crippen LogP contribution in [0.5, 0.6) is 0 Å². The lowest BCUT2D eigenvalue weighted by Crippen LogP contribution is -2.41. The Bertz CT molecular complexity index is 300. The molecule has 2 unspecified atom stereocenters. The van der Waals surface area contributed by atoms with Crippen LogP contribution in [-0.2, 0) is 4.79 Å². The molecule has 1 aliphatic carbocycles. The zero-order valence-electron chi connectivity index (χ0n) is 8.62. The van der Waals surface area contributed by atoms with Crippen molar-refractivity contribution in [3.05, 3.63) is 0 Å². The summed E-state index contributed by atoms with van der Waals surface area (Å²) in [5, 5.41) is 14.5. The maximum Gasteiger partial charge on any atom is 0.234 e. The summed E-state index contributed by atoms with van der Waals surface area (Å²) in [5.74, 6) is 2.28. The van der Waals surface area contributed by atoms with Crippen LogP contribution in [0.3, 0.4) is 0 Å². The molecule has 0 aromatic heterocycles. The number of carbonyl (C=O) groups is 1. The second-order valence-corrected chi connectivity index (χ2v) is 3.65. The van der Waals surface area contributed by atoms with E-state index >= 15 is 0 Å². The largest absolute Gasteiger partial charge is 0.351 e. The quantitative estimate of drug-likeness (QED) is 0.502. The molecule has 0 bridgehead atoms. The van der Waals surface area contributed by atoms with E-state index in [0.29, 0.717) is 6.54 Å². The summed E-state index contributed by atoms with van der Waals surface area (Å²) in [4.78, 5) is 11.4. The van der Waals surface area contributed by atoms with E-state index in [2.05, 4.69) is 22.6 Å². The van der Waals surface area contributed by atoms with Gasteiger partial charge in [0.1, 0.15) is 0 Å². The summed E-state index contributed by atoms with van der Waals surface area (Å²) < 4.78 is 0. The highest BCUT2D eigenvalue weighted by Crippen LogP contribution is 2.24. The predicted molar refractivity (Wildman–Crippen MR) is 56.6 cm³/mol. The molecule has 1 aliphatic rings. The third kappa shape index (κ3) is 3.61. The summed E-state index contributed by atoms with van der Waals surface area (Å²) in [6.45, 7) is 0.610. The van der Waals surface area contributed by atoms with Crippen molar-refractivity contribution in [3.63, 3.8) is 0 Å². The summed E-state index contributed by atoms with van der Waals surface area (Å²) in [7, 11) is 0. The minimum absolute atomic E-state index is 0.0233. The van der Waals surface area contributed by atoms with E-state index in [0.717, 1.165) is 19.3 Å². The van der Waals surface area contributed by atoms with Crippen molar-refractivity contribution in [1.29, 1.82) is 5.26 Å². The van der Waals surface area contributed by atoms with Gasteiger partial charge in [-0.1, -0.05) is 5.92 Å². The molecule has 1 fully saturated rings. The normalized spacial score (nSPS) is 24.1. The molecule has 15 heavy (non-hydrogen) atoms. The Kier molecular flexibility index (Phi) is 4.66. The summed E-state index contributed by atoms with van der Waals surface area (Å²) in [6.07, 6.45) is 7.84. The molecule has 1 rings (SSSR count). The number of hydrogen-bond acceptors (Lipinski definition) is 3. The van der Waals surface area contributed by atoms with Crippen molar-refractivity contribution in [3.8, 4) is 18.4 Å². The molecule has 1 amide bonds. The topological polar surface area (TPSA) is 64.9 Å². The molecule has 0 heterocycles. The van der Waals surface area contributed by atoms with Crippen molar-refractivity contribution in [2.24, 2.45) is 5.92 Å². The van der Waals surface area contributed by atoms with Gasteiger partial charge in [-0.05, 0) is 19.3 Å². The van der Waals surface area contributed by atoms with E-state index in [4.69, 9.17) is 11.7 Å². The van der Waals surface area contributed by atoms with Crippen LogP contribution in [0.2, 0.25) is 0 Å². The van der Waals surface area contributed by atoms with Gasteiger partial charge in [0, 0.05) is 6.04 Å². The summed E-state index contributed by atoms with van der Waals surface area (Å²) in [5.41, 5.74) is 0. The van der Waals surface area contributed by atoms with Crippen molar-refractivity contribution < 1.29 is 4.79 Å². The minimum atomic E-state index is -0.0857. The van der Waals surface area contributed by atoms with Gasteiger partial charge < -0.3 is 5.32 Å². The fourth-order valence-corrected chi connectivity index (χ4v) is 1.79. The molecule has 4 heteroatoms. The molecule has 0 aromatic carbocycles. The van der Waals surface area contributed by atoms with E-state index < -0.39 is 0 Å². The number of amides is 1.